The minimum Gasteiger partial charge on any atom is -0.344 e. The van der Waals surface area contributed by atoms with Gasteiger partial charge in [-0.15, -0.1) is 11.3 Å². The minimum atomic E-state index is -3.80. The van der Waals surface area contributed by atoms with Gasteiger partial charge in [-0.1, -0.05) is 23.7 Å². The maximum absolute atomic E-state index is 13.0. The number of piperidine rings is 1. The first-order valence-corrected chi connectivity index (χ1v) is 14.6. The van der Waals surface area contributed by atoms with Crippen molar-refractivity contribution in [1.82, 2.24) is 19.9 Å². The third kappa shape index (κ3) is 8.34. The number of Topliss-reactive ketones (excluding diaryl/α,β-unsaturated/α-hetero) is 1. The molecule has 2 heterocycles. The van der Waals surface area contributed by atoms with Gasteiger partial charge < -0.3 is 16.0 Å². The monoisotopic (exact) mass is 555 g/mol. The number of amides is 2. The van der Waals surface area contributed by atoms with Crippen LogP contribution in [0.4, 0.5) is 0 Å². The summed E-state index contributed by atoms with van der Waals surface area (Å²) in [5.41, 5.74) is 6.09. The molecule has 0 bridgehead atoms. The molecule has 0 aliphatic carbocycles. The highest BCUT2D eigenvalue weighted by Gasteiger charge is 2.33. The minimum absolute atomic E-state index is 0.271. The van der Waals surface area contributed by atoms with E-state index < -0.39 is 33.9 Å². The average Bonchev–Trinajstić information content (AvgIpc) is 3.37. The Hall–Kier alpha value is -2.38. The van der Waals surface area contributed by atoms with E-state index in [-0.39, 0.29) is 18.1 Å². The molecule has 0 radical (unpaired) electrons. The third-order valence-electron chi connectivity index (χ3n) is 5.70. The fraction of sp³-hybridized carbons (Fsp3) is 0.478. The van der Waals surface area contributed by atoms with Crippen LogP contribution in [0.15, 0.2) is 35.8 Å². The van der Waals surface area contributed by atoms with E-state index >= 15 is 0 Å². The molecule has 1 aliphatic heterocycles. The molecule has 0 unspecified atom stereocenters. The predicted octanol–water partition coefficient (Wildman–Crippen LogP) is 1.70. The number of nitrogens with one attached hydrogen (secondary N) is 2. The Morgan fingerprint density at radius 2 is 2.00 bits per heavy atom. The lowest BCUT2D eigenvalue weighted by Crippen LogP contribution is -2.55. The molecule has 0 saturated carbocycles. The lowest BCUT2D eigenvalue weighted by molar-refractivity contribution is -0.139. The fourth-order valence-corrected chi connectivity index (χ4v) is 6.06. The van der Waals surface area contributed by atoms with Gasteiger partial charge in [0.15, 0.2) is 5.01 Å². The van der Waals surface area contributed by atoms with Crippen molar-refractivity contribution in [2.45, 2.75) is 49.9 Å². The van der Waals surface area contributed by atoms with Crippen LogP contribution in [0.25, 0.3) is 0 Å². The Morgan fingerprint density at radius 1 is 1.25 bits per heavy atom. The van der Waals surface area contributed by atoms with Gasteiger partial charge in [-0.05, 0) is 56.3 Å². The second-order valence-electron chi connectivity index (χ2n) is 8.56. The highest BCUT2D eigenvalue weighted by Crippen LogP contribution is 2.16. The molecule has 1 saturated heterocycles. The molecule has 2 aromatic rings. The molecule has 1 aromatic carbocycles. The Kier molecular flexibility index (Phi) is 10.4. The number of thiazole rings is 1. The van der Waals surface area contributed by atoms with E-state index in [1.54, 1.807) is 29.6 Å². The lowest BCUT2D eigenvalue weighted by Gasteiger charge is -2.32. The number of carbonyl (C=O) groups is 3. The van der Waals surface area contributed by atoms with Gasteiger partial charge in [0.25, 0.3) is 0 Å². The number of ketones is 1. The zero-order valence-electron chi connectivity index (χ0n) is 19.7. The number of rotatable bonds is 13. The van der Waals surface area contributed by atoms with Gasteiger partial charge in [0.05, 0.1) is 18.3 Å². The first kappa shape index (κ1) is 28.2. The van der Waals surface area contributed by atoms with E-state index in [1.165, 1.54) is 22.4 Å². The van der Waals surface area contributed by atoms with Crippen molar-refractivity contribution in [3.8, 4) is 0 Å². The van der Waals surface area contributed by atoms with Crippen molar-refractivity contribution in [3.05, 3.63) is 51.4 Å². The first-order valence-electron chi connectivity index (χ1n) is 11.6. The largest absolute Gasteiger partial charge is 0.344 e. The van der Waals surface area contributed by atoms with Gasteiger partial charge in [0, 0.05) is 23.1 Å². The molecule has 4 N–H and O–H groups in total. The summed E-state index contributed by atoms with van der Waals surface area (Å²) in [6, 6.07) is 4.68. The summed E-state index contributed by atoms with van der Waals surface area (Å²) >= 11 is 7.04. The van der Waals surface area contributed by atoms with Gasteiger partial charge in [-0.3, -0.25) is 14.4 Å². The number of hydrogen-bond acceptors (Lipinski definition) is 8. The van der Waals surface area contributed by atoms with Crippen LogP contribution in [0, 0.1) is 0 Å². The molecule has 10 nitrogen and oxygen atoms in total. The predicted molar refractivity (Wildman–Crippen MR) is 138 cm³/mol. The van der Waals surface area contributed by atoms with Crippen LogP contribution in [0.3, 0.4) is 0 Å². The number of nitrogens with two attached hydrogens (primary N) is 1. The number of hydrogen-bond donors (Lipinski definition) is 3. The summed E-state index contributed by atoms with van der Waals surface area (Å²) in [6.45, 7) is 0.524. The Labute approximate surface area is 219 Å². The smallest absolute Gasteiger partial charge is 0.241 e. The summed E-state index contributed by atoms with van der Waals surface area (Å²) in [4.78, 5) is 43.9. The van der Waals surface area contributed by atoms with Gasteiger partial charge in [0.1, 0.15) is 6.04 Å². The first-order chi connectivity index (χ1) is 17.2. The second kappa shape index (κ2) is 13.2. The molecule has 1 aliphatic rings. The van der Waals surface area contributed by atoms with E-state index in [1.807, 2.05) is 0 Å². The number of likely N-dealkylation sites (tertiary alicyclic amines) is 1. The summed E-state index contributed by atoms with van der Waals surface area (Å²) in [5.74, 6) is -1.54. The van der Waals surface area contributed by atoms with E-state index in [0.717, 1.165) is 0 Å². The number of carbonyl (C=O) groups excluding carboxylic acids is 3. The highest BCUT2D eigenvalue weighted by atomic mass is 35.5. The van der Waals surface area contributed by atoms with Crippen LogP contribution in [-0.4, -0.2) is 67.6 Å². The normalized spacial score (nSPS) is 17.1. The van der Waals surface area contributed by atoms with E-state index in [0.29, 0.717) is 60.8 Å². The molecule has 1 fully saturated rings. The zero-order valence-corrected chi connectivity index (χ0v) is 22.1. The number of nitrogens with zero attached hydrogens (tertiary/aromatic N) is 2. The van der Waals surface area contributed by atoms with Crippen molar-refractivity contribution in [1.29, 1.82) is 0 Å². The number of aromatic nitrogens is 1. The van der Waals surface area contributed by atoms with Crippen LogP contribution in [-0.2, 0) is 25.4 Å². The van der Waals surface area contributed by atoms with Crippen molar-refractivity contribution >= 4 is 50.6 Å². The van der Waals surface area contributed by atoms with E-state index in [4.69, 9.17) is 17.3 Å². The summed E-state index contributed by atoms with van der Waals surface area (Å²) in [5, 5.41) is 5.21. The highest BCUT2D eigenvalue weighted by molar-refractivity contribution is 7.88. The van der Waals surface area contributed by atoms with Gasteiger partial charge in [0.2, 0.25) is 27.6 Å². The van der Waals surface area contributed by atoms with Gasteiger partial charge in [-0.2, -0.15) is 0 Å². The Bertz CT molecular complexity index is 1140. The van der Waals surface area contributed by atoms with Gasteiger partial charge >= 0.3 is 0 Å². The van der Waals surface area contributed by atoms with E-state index in [9.17, 15) is 22.8 Å². The molecule has 2 atom stereocenters. The van der Waals surface area contributed by atoms with Crippen LogP contribution in [0.2, 0.25) is 5.02 Å². The van der Waals surface area contributed by atoms with Crippen LogP contribution in [0.1, 0.15) is 47.5 Å². The van der Waals surface area contributed by atoms with Crippen molar-refractivity contribution in [3.63, 3.8) is 0 Å². The molecule has 1 aromatic heterocycles. The van der Waals surface area contributed by atoms with E-state index in [2.05, 4.69) is 15.0 Å². The third-order valence-corrected chi connectivity index (χ3v) is 8.10. The Morgan fingerprint density at radius 3 is 2.67 bits per heavy atom. The molecule has 0 spiro atoms. The molecule has 13 heteroatoms. The molecule has 36 heavy (non-hydrogen) atoms. The number of halogens is 1. The number of sulfonamides is 1. The number of unbranched alkanes of at least 4 members (excludes halogenated alkanes) is 1. The Balaban J connectivity index is 1.59. The molecular weight excluding hydrogens is 526 g/mol. The SMILES string of the molecule is NCCCC[C@H](NC(=O)CN1CCC[C@H](NS(=O)(=O)Cc2ccc(Cl)cc2)C1=O)C(=O)c1nccs1. The zero-order chi connectivity index (χ0) is 26.1. The molecule has 196 valence electrons. The standard InChI is InChI=1S/C23H30ClN5O5S2/c24-17-8-6-16(7-9-17)15-36(33,34)28-19-5-3-12-29(23(19)32)14-20(30)27-18(4-1-2-10-25)21(31)22-26-11-13-35-22/h6-9,11,13,18-19,28H,1-5,10,12,14-15,25H2,(H,27,30)/t18-,19-/m0/s1. The van der Waals surface area contributed by atoms with Crippen molar-refractivity contribution in [2.75, 3.05) is 19.6 Å². The van der Waals surface area contributed by atoms with Crippen LogP contribution < -0.4 is 15.8 Å². The molecular formula is C23H30ClN5O5S2. The van der Waals surface area contributed by atoms with Crippen molar-refractivity contribution in [2.24, 2.45) is 5.73 Å². The summed E-state index contributed by atoms with van der Waals surface area (Å²) < 4.78 is 27.7. The van der Waals surface area contributed by atoms with Gasteiger partial charge in [-0.25, -0.2) is 18.1 Å². The van der Waals surface area contributed by atoms with Crippen molar-refractivity contribution < 1.29 is 22.8 Å². The molecule has 2 amide bonds. The fourth-order valence-electron chi connectivity index (χ4n) is 3.93. The maximum Gasteiger partial charge on any atom is 0.241 e. The van der Waals surface area contributed by atoms with Crippen LogP contribution >= 0.6 is 22.9 Å². The lowest BCUT2D eigenvalue weighted by atomic mass is 10.0. The summed E-state index contributed by atoms with van der Waals surface area (Å²) in [6.07, 6.45) is 4.16. The van der Waals surface area contributed by atoms with Crippen LogP contribution in [0.5, 0.6) is 0 Å². The summed E-state index contributed by atoms with van der Waals surface area (Å²) in [7, 11) is -3.80. The topological polar surface area (TPSA) is 152 Å². The molecule has 3 rings (SSSR count). The number of benzene rings is 1. The quantitative estimate of drug-likeness (QED) is 0.251. The maximum atomic E-state index is 13.0. The average molecular weight is 556 g/mol. The second-order valence-corrected chi connectivity index (χ2v) is 11.6.